The van der Waals surface area contributed by atoms with Gasteiger partial charge < -0.3 is 29.6 Å². The van der Waals surface area contributed by atoms with Gasteiger partial charge in [-0.2, -0.15) is 0 Å². The molecule has 0 radical (unpaired) electrons. The second kappa shape index (κ2) is 15.0. The Hall–Kier alpha value is -4.46. The van der Waals surface area contributed by atoms with Crippen molar-refractivity contribution in [1.82, 2.24) is 14.8 Å². The van der Waals surface area contributed by atoms with Gasteiger partial charge in [0, 0.05) is 41.9 Å². The fraction of sp³-hybridized carbons (Fsp3) is 0.405. The van der Waals surface area contributed by atoms with Gasteiger partial charge in [-0.05, 0) is 72.6 Å². The van der Waals surface area contributed by atoms with E-state index in [1.807, 2.05) is 67.4 Å². The summed E-state index contributed by atoms with van der Waals surface area (Å²) in [5.41, 5.74) is 6.12. The number of nitrogens with one attached hydrogen (secondary N) is 2. The van der Waals surface area contributed by atoms with E-state index in [9.17, 15) is 9.59 Å². The van der Waals surface area contributed by atoms with E-state index in [1.165, 1.54) is 0 Å². The van der Waals surface area contributed by atoms with Crippen molar-refractivity contribution in [2.45, 2.75) is 72.4 Å². The number of amides is 3. The van der Waals surface area contributed by atoms with Crippen molar-refractivity contribution in [2.24, 2.45) is 0 Å². The Kier molecular flexibility index (Phi) is 11.2. The maximum atomic E-state index is 14.1. The molecule has 3 amide bonds. The lowest BCUT2D eigenvalue weighted by Crippen LogP contribution is -2.47. The van der Waals surface area contributed by atoms with Crippen LogP contribution in [0.5, 0.6) is 11.5 Å². The minimum atomic E-state index is -0.281. The lowest BCUT2D eigenvalue weighted by molar-refractivity contribution is -0.132. The van der Waals surface area contributed by atoms with Gasteiger partial charge in [-0.3, -0.25) is 4.79 Å². The molecule has 0 bridgehead atoms. The van der Waals surface area contributed by atoms with Crippen molar-refractivity contribution in [2.75, 3.05) is 32.6 Å². The molecule has 4 rings (SSSR count). The average molecular weight is 613 g/mol. The SMILES string of the molecule is COc1ccc(CN(CCc2c[nH]c3ccccc23)C(=O)CN(C(=O)Nc2c(C(C)C)cccc2C(C)C)C(C)C)cc1OC. The Balaban J connectivity index is 1.60. The highest BCUT2D eigenvalue weighted by atomic mass is 16.5. The van der Waals surface area contributed by atoms with Crippen LogP contribution in [0, 0.1) is 0 Å². The van der Waals surface area contributed by atoms with E-state index < -0.39 is 0 Å². The van der Waals surface area contributed by atoms with Crippen LogP contribution in [0.4, 0.5) is 10.5 Å². The highest BCUT2D eigenvalue weighted by Gasteiger charge is 2.26. The second-order valence-corrected chi connectivity index (χ2v) is 12.4. The van der Waals surface area contributed by atoms with Crippen molar-refractivity contribution >= 4 is 28.5 Å². The number of anilines is 1. The molecule has 45 heavy (non-hydrogen) atoms. The number of nitrogens with zero attached hydrogens (tertiary/aromatic N) is 2. The third kappa shape index (κ3) is 7.98. The van der Waals surface area contributed by atoms with Gasteiger partial charge in [-0.15, -0.1) is 0 Å². The molecule has 8 heteroatoms. The third-order valence-electron chi connectivity index (χ3n) is 8.29. The number of urea groups is 1. The van der Waals surface area contributed by atoms with Crippen molar-refractivity contribution in [1.29, 1.82) is 0 Å². The molecule has 0 saturated carbocycles. The van der Waals surface area contributed by atoms with Crippen LogP contribution in [0.1, 0.15) is 75.6 Å². The number of carbonyl (C=O) groups excluding carboxylic acids is 2. The zero-order chi connectivity index (χ0) is 32.7. The quantitative estimate of drug-likeness (QED) is 0.160. The van der Waals surface area contributed by atoms with Gasteiger partial charge in [0.15, 0.2) is 11.5 Å². The molecular weight excluding hydrogens is 564 g/mol. The molecule has 0 saturated heterocycles. The van der Waals surface area contributed by atoms with Crippen LogP contribution in [0.15, 0.2) is 66.9 Å². The molecule has 240 valence electrons. The van der Waals surface area contributed by atoms with Crippen LogP contribution in [0.3, 0.4) is 0 Å². The summed E-state index contributed by atoms with van der Waals surface area (Å²) >= 11 is 0. The first kappa shape index (κ1) is 33.4. The summed E-state index contributed by atoms with van der Waals surface area (Å²) in [6.45, 7) is 13.2. The Bertz CT molecular complexity index is 1580. The first-order valence-electron chi connectivity index (χ1n) is 15.8. The maximum absolute atomic E-state index is 14.1. The van der Waals surface area contributed by atoms with E-state index in [2.05, 4.69) is 56.2 Å². The van der Waals surface area contributed by atoms with Crippen LogP contribution in [0.25, 0.3) is 10.9 Å². The summed E-state index contributed by atoms with van der Waals surface area (Å²) in [5, 5.41) is 4.34. The summed E-state index contributed by atoms with van der Waals surface area (Å²) in [6.07, 6.45) is 2.67. The number of H-pyrrole nitrogens is 1. The number of carbonyl (C=O) groups is 2. The molecule has 0 aliphatic rings. The minimum absolute atomic E-state index is 0.0501. The third-order valence-corrected chi connectivity index (χ3v) is 8.29. The molecule has 0 fully saturated rings. The Morgan fingerprint density at radius 2 is 1.51 bits per heavy atom. The lowest BCUT2D eigenvalue weighted by Gasteiger charge is -2.31. The van der Waals surface area contributed by atoms with E-state index in [0.29, 0.717) is 31.0 Å². The first-order valence-corrected chi connectivity index (χ1v) is 15.8. The molecule has 0 unspecified atom stereocenters. The molecule has 3 aromatic carbocycles. The largest absolute Gasteiger partial charge is 0.493 e. The van der Waals surface area contributed by atoms with Crippen molar-refractivity contribution in [3.63, 3.8) is 0 Å². The summed E-state index contributed by atoms with van der Waals surface area (Å²) in [4.78, 5) is 34.8. The van der Waals surface area contributed by atoms with Gasteiger partial charge in [0.2, 0.25) is 5.91 Å². The van der Waals surface area contributed by atoms with Gasteiger partial charge in [0.25, 0.3) is 0 Å². The van der Waals surface area contributed by atoms with Crippen LogP contribution in [0.2, 0.25) is 0 Å². The van der Waals surface area contributed by atoms with Gasteiger partial charge >= 0.3 is 6.03 Å². The topological polar surface area (TPSA) is 86.9 Å². The number of fused-ring (bicyclic) bond motifs is 1. The van der Waals surface area contributed by atoms with Gasteiger partial charge in [-0.1, -0.05) is 70.2 Å². The maximum Gasteiger partial charge on any atom is 0.322 e. The monoisotopic (exact) mass is 612 g/mol. The predicted octanol–water partition coefficient (Wildman–Crippen LogP) is 7.95. The number of ether oxygens (including phenoxy) is 2. The van der Waals surface area contributed by atoms with Crippen molar-refractivity contribution in [3.05, 3.63) is 89.1 Å². The van der Waals surface area contributed by atoms with Crippen LogP contribution in [-0.4, -0.2) is 60.1 Å². The van der Waals surface area contributed by atoms with Gasteiger partial charge in [0.05, 0.1) is 14.2 Å². The van der Waals surface area contributed by atoms with Crippen molar-refractivity contribution in [3.8, 4) is 11.5 Å². The smallest absolute Gasteiger partial charge is 0.322 e. The Morgan fingerprint density at radius 1 is 0.844 bits per heavy atom. The Labute approximate surface area is 267 Å². The molecule has 1 heterocycles. The Morgan fingerprint density at radius 3 is 2.13 bits per heavy atom. The number of aromatic amines is 1. The molecule has 0 aliphatic carbocycles. The summed E-state index contributed by atoms with van der Waals surface area (Å²) in [6, 6.07) is 19.5. The summed E-state index contributed by atoms with van der Waals surface area (Å²) in [7, 11) is 3.20. The summed E-state index contributed by atoms with van der Waals surface area (Å²) in [5.74, 6) is 1.56. The van der Waals surface area contributed by atoms with E-state index in [4.69, 9.17) is 9.47 Å². The zero-order valence-corrected chi connectivity index (χ0v) is 27.9. The molecule has 0 spiro atoms. The number of aromatic nitrogens is 1. The van der Waals surface area contributed by atoms with Crippen LogP contribution in [-0.2, 0) is 17.8 Å². The standard InChI is InChI=1S/C37H48N4O4/c1-24(2)29-13-11-14-30(25(3)4)36(29)39-37(43)41(26(5)6)23-35(42)40(22-27-16-17-33(44-7)34(20-27)45-8)19-18-28-21-38-32-15-10-9-12-31(28)32/h9-17,20-21,24-26,38H,18-19,22-23H2,1-8H3,(H,39,43). The van der Waals surface area contributed by atoms with E-state index in [1.54, 1.807) is 19.1 Å². The number of para-hydroxylation sites is 2. The normalized spacial score (nSPS) is 11.4. The number of rotatable bonds is 13. The number of hydrogen-bond donors (Lipinski definition) is 2. The molecule has 8 nitrogen and oxygen atoms in total. The fourth-order valence-electron chi connectivity index (χ4n) is 5.69. The zero-order valence-electron chi connectivity index (χ0n) is 27.9. The number of methoxy groups -OCH3 is 2. The molecule has 4 aromatic rings. The average Bonchev–Trinajstić information content (AvgIpc) is 3.44. The molecule has 0 aliphatic heterocycles. The molecular formula is C37H48N4O4. The second-order valence-electron chi connectivity index (χ2n) is 12.4. The molecule has 0 atom stereocenters. The lowest BCUT2D eigenvalue weighted by atomic mass is 9.93. The number of hydrogen-bond acceptors (Lipinski definition) is 4. The minimum Gasteiger partial charge on any atom is -0.493 e. The highest BCUT2D eigenvalue weighted by Crippen LogP contribution is 2.33. The van der Waals surface area contributed by atoms with Crippen LogP contribution >= 0.6 is 0 Å². The number of benzene rings is 3. The molecule has 2 N–H and O–H groups in total. The van der Waals surface area contributed by atoms with Crippen molar-refractivity contribution < 1.29 is 19.1 Å². The fourth-order valence-corrected chi connectivity index (χ4v) is 5.69. The first-order chi connectivity index (χ1) is 21.5. The highest BCUT2D eigenvalue weighted by molar-refractivity contribution is 5.94. The van der Waals surface area contributed by atoms with Gasteiger partial charge in [0.1, 0.15) is 6.54 Å². The predicted molar refractivity (Wildman–Crippen MR) is 182 cm³/mol. The van der Waals surface area contributed by atoms with E-state index in [-0.39, 0.29) is 36.4 Å². The van der Waals surface area contributed by atoms with E-state index >= 15 is 0 Å². The summed E-state index contributed by atoms with van der Waals surface area (Å²) < 4.78 is 11.0. The molecule has 1 aromatic heterocycles. The van der Waals surface area contributed by atoms with Crippen LogP contribution < -0.4 is 14.8 Å². The van der Waals surface area contributed by atoms with Gasteiger partial charge in [-0.25, -0.2) is 4.79 Å². The van der Waals surface area contributed by atoms with E-state index in [0.717, 1.165) is 38.8 Å².